The number of para-hydroxylation sites is 2. The summed E-state index contributed by atoms with van der Waals surface area (Å²) in [6.07, 6.45) is -4.39. The van der Waals surface area contributed by atoms with Gasteiger partial charge in [-0.1, -0.05) is 23.7 Å². The number of hydrogen-bond donors (Lipinski definition) is 2. The number of anilines is 2. The van der Waals surface area contributed by atoms with Crippen molar-refractivity contribution in [2.45, 2.75) is 12.6 Å². The molecule has 0 atom stereocenters. The Balaban J connectivity index is 1.90. The lowest BCUT2D eigenvalue weighted by molar-refractivity contribution is -0.153. The van der Waals surface area contributed by atoms with Crippen LogP contribution in [0.5, 0.6) is 11.5 Å². The molecule has 2 aromatic carbocycles. The third-order valence-electron chi connectivity index (χ3n) is 3.38. The van der Waals surface area contributed by atoms with Crippen LogP contribution in [0.3, 0.4) is 0 Å². The van der Waals surface area contributed by atoms with Crippen LogP contribution in [-0.2, 0) is 4.79 Å². The summed E-state index contributed by atoms with van der Waals surface area (Å²) in [6.45, 7) is -1.16. The fraction of sp³-hybridized carbons (Fsp3) is 0.278. The molecule has 0 aromatic heterocycles. The Labute approximate surface area is 159 Å². The van der Waals surface area contributed by atoms with E-state index in [9.17, 15) is 18.0 Å². The molecule has 2 rings (SSSR count). The van der Waals surface area contributed by atoms with E-state index in [2.05, 4.69) is 10.6 Å². The highest BCUT2D eigenvalue weighted by atomic mass is 35.5. The van der Waals surface area contributed by atoms with Crippen molar-refractivity contribution < 1.29 is 27.4 Å². The van der Waals surface area contributed by atoms with Gasteiger partial charge in [0.2, 0.25) is 5.91 Å². The van der Waals surface area contributed by atoms with Crippen LogP contribution in [-0.4, -0.2) is 32.3 Å². The zero-order chi connectivity index (χ0) is 19.9. The van der Waals surface area contributed by atoms with Crippen molar-refractivity contribution in [2.75, 3.05) is 30.9 Å². The molecule has 2 N–H and O–H groups in total. The average Bonchev–Trinajstić information content (AvgIpc) is 2.60. The summed E-state index contributed by atoms with van der Waals surface area (Å²) in [5.41, 5.74) is 0.804. The lowest BCUT2D eigenvalue weighted by Crippen LogP contribution is -2.21. The highest BCUT2D eigenvalue weighted by molar-refractivity contribution is 6.30. The molecule has 0 bridgehead atoms. The predicted octanol–water partition coefficient (Wildman–Crippen LogP) is 4.73. The SMILES string of the molecule is COc1ccc(Cl)cc1NCCC(=O)Nc1ccccc1OCC(F)(F)F. The maximum Gasteiger partial charge on any atom is 0.422 e. The minimum absolute atomic E-state index is 0.0485. The van der Waals surface area contributed by atoms with E-state index in [0.717, 1.165) is 0 Å². The highest BCUT2D eigenvalue weighted by Gasteiger charge is 2.28. The lowest BCUT2D eigenvalue weighted by Gasteiger charge is -2.14. The number of carbonyl (C=O) groups is 1. The molecule has 0 heterocycles. The summed E-state index contributed by atoms with van der Waals surface area (Å²) in [6, 6.07) is 11.0. The molecule has 0 saturated carbocycles. The van der Waals surface area contributed by atoms with Gasteiger partial charge in [-0.05, 0) is 30.3 Å². The number of amides is 1. The number of benzene rings is 2. The summed E-state index contributed by atoms with van der Waals surface area (Å²) >= 11 is 5.93. The average molecular weight is 403 g/mol. The Morgan fingerprint density at radius 3 is 2.56 bits per heavy atom. The molecule has 0 fully saturated rings. The molecule has 2 aromatic rings. The Kier molecular flexibility index (Phi) is 7.18. The first-order valence-electron chi connectivity index (χ1n) is 7.94. The molecule has 1 amide bonds. The second-order valence-electron chi connectivity index (χ2n) is 5.47. The third kappa shape index (κ3) is 6.90. The van der Waals surface area contributed by atoms with Crippen molar-refractivity contribution in [3.63, 3.8) is 0 Å². The van der Waals surface area contributed by atoms with E-state index in [0.29, 0.717) is 16.5 Å². The van der Waals surface area contributed by atoms with Gasteiger partial charge in [0.25, 0.3) is 0 Å². The largest absolute Gasteiger partial charge is 0.495 e. The monoisotopic (exact) mass is 402 g/mol. The first-order chi connectivity index (χ1) is 12.8. The van der Waals surface area contributed by atoms with E-state index in [1.807, 2.05) is 0 Å². The Morgan fingerprint density at radius 1 is 1.11 bits per heavy atom. The van der Waals surface area contributed by atoms with Crippen molar-refractivity contribution in [1.82, 2.24) is 0 Å². The molecule has 0 aliphatic carbocycles. The van der Waals surface area contributed by atoms with Gasteiger partial charge >= 0.3 is 6.18 Å². The standard InChI is InChI=1S/C18H18ClF3N2O3/c1-26-15-7-6-12(19)10-14(15)23-9-8-17(25)24-13-4-2-3-5-16(13)27-11-18(20,21)22/h2-7,10,23H,8-9,11H2,1H3,(H,24,25). The van der Waals surface area contributed by atoms with Crippen LogP contribution >= 0.6 is 11.6 Å². The van der Waals surface area contributed by atoms with Crippen molar-refractivity contribution in [3.05, 3.63) is 47.5 Å². The van der Waals surface area contributed by atoms with Crippen molar-refractivity contribution in [2.24, 2.45) is 0 Å². The summed E-state index contributed by atoms with van der Waals surface area (Å²) in [5.74, 6) is 0.143. The van der Waals surface area contributed by atoms with Crippen LogP contribution in [0.1, 0.15) is 6.42 Å². The van der Waals surface area contributed by atoms with E-state index in [-0.39, 0.29) is 30.3 Å². The number of methoxy groups -OCH3 is 1. The van der Waals surface area contributed by atoms with E-state index in [1.165, 1.54) is 25.3 Å². The molecule has 0 spiro atoms. The fourth-order valence-electron chi connectivity index (χ4n) is 2.20. The van der Waals surface area contributed by atoms with E-state index < -0.39 is 12.8 Å². The predicted molar refractivity (Wildman–Crippen MR) is 97.7 cm³/mol. The first kappa shape index (κ1) is 20.7. The summed E-state index contributed by atoms with van der Waals surface area (Å²) in [4.78, 5) is 12.1. The van der Waals surface area contributed by atoms with Gasteiger partial charge < -0.3 is 20.1 Å². The molecular formula is C18H18ClF3N2O3. The molecule has 0 aliphatic heterocycles. The molecule has 27 heavy (non-hydrogen) atoms. The minimum atomic E-state index is -4.46. The van der Waals surface area contributed by atoms with Gasteiger partial charge in [-0.15, -0.1) is 0 Å². The maximum absolute atomic E-state index is 12.3. The number of carbonyl (C=O) groups excluding carboxylic acids is 1. The smallest absolute Gasteiger partial charge is 0.422 e. The van der Waals surface area contributed by atoms with Gasteiger partial charge in [0, 0.05) is 18.0 Å². The number of rotatable bonds is 8. The molecule has 0 unspecified atom stereocenters. The van der Waals surface area contributed by atoms with Crippen LogP contribution < -0.4 is 20.1 Å². The Bertz CT molecular complexity index is 785. The molecular weight excluding hydrogens is 385 g/mol. The van der Waals surface area contributed by atoms with Gasteiger partial charge in [0.05, 0.1) is 18.5 Å². The number of alkyl halides is 3. The molecule has 0 radical (unpaired) electrons. The molecule has 0 aliphatic rings. The number of hydrogen-bond acceptors (Lipinski definition) is 4. The van der Waals surface area contributed by atoms with Crippen LogP contribution in [0, 0.1) is 0 Å². The number of halogens is 4. The van der Waals surface area contributed by atoms with Gasteiger partial charge in [-0.25, -0.2) is 0 Å². The number of nitrogens with one attached hydrogen (secondary N) is 2. The molecule has 146 valence electrons. The van der Waals surface area contributed by atoms with Crippen molar-refractivity contribution >= 4 is 28.9 Å². The van der Waals surface area contributed by atoms with Crippen LogP contribution in [0.15, 0.2) is 42.5 Å². The zero-order valence-electron chi connectivity index (χ0n) is 14.4. The first-order valence-corrected chi connectivity index (χ1v) is 8.32. The maximum atomic E-state index is 12.3. The summed E-state index contributed by atoms with van der Waals surface area (Å²) in [5, 5.41) is 6.09. The lowest BCUT2D eigenvalue weighted by atomic mass is 10.2. The van der Waals surface area contributed by atoms with Gasteiger partial charge in [0.15, 0.2) is 6.61 Å². The Hall–Kier alpha value is -2.61. The van der Waals surface area contributed by atoms with Gasteiger partial charge in [0.1, 0.15) is 11.5 Å². The van der Waals surface area contributed by atoms with Crippen molar-refractivity contribution in [3.8, 4) is 11.5 Å². The third-order valence-corrected chi connectivity index (χ3v) is 3.62. The quantitative estimate of drug-likeness (QED) is 0.670. The van der Waals surface area contributed by atoms with Crippen LogP contribution in [0.2, 0.25) is 5.02 Å². The van der Waals surface area contributed by atoms with Gasteiger partial charge in [-0.2, -0.15) is 13.2 Å². The van der Waals surface area contributed by atoms with E-state index >= 15 is 0 Å². The highest BCUT2D eigenvalue weighted by Crippen LogP contribution is 2.28. The second-order valence-corrected chi connectivity index (χ2v) is 5.91. The summed E-state index contributed by atoms with van der Waals surface area (Å²) < 4.78 is 46.9. The molecule has 9 heteroatoms. The zero-order valence-corrected chi connectivity index (χ0v) is 15.2. The van der Waals surface area contributed by atoms with Crippen LogP contribution in [0.25, 0.3) is 0 Å². The van der Waals surface area contributed by atoms with E-state index in [1.54, 1.807) is 24.3 Å². The van der Waals surface area contributed by atoms with Crippen LogP contribution in [0.4, 0.5) is 24.5 Å². The van der Waals surface area contributed by atoms with Crippen molar-refractivity contribution in [1.29, 1.82) is 0 Å². The normalized spacial score (nSPS) is 11.0. The summed E-state index contributed by atoms with van der Waals surface area (Å²) in [7, 11) is 1.51. The molecule has 0 saturated heterocycles. The minimum Gasteiger partial charge on any atom is -0.495 e. The topological polar surface area (TPSA) is 59.6 Å². The second kappa shape index (κ2) is 9.36. The Morgan fingerprint density at radius 2 is 1.85 bits per heavy atom. The van der Waals surface area contributed by atoms with E-state index in [4.69, 9.17) is 21.1 Å². The number of ether oxygens (including phenoxy) is 2. The fourth-order valence-corrected chi connectivity index (χ4v) is 2.37. The molecule has 5 nitrogen and oxygen atoms in total. The van der Waals surface area contributed by atoms with Gasteiger partial charge in [-0.3, -0.25) is 4.79 Å².